The summed E-state index contributed by atoms with van der Waals surface area (Å²) in [6, 6.07) is 0. The predicted molar refractivity (Wildman–Crippen MR) is 85.1 cm³/mol. The van der Waals surface area contributed by atoms with E-state index in [1.54, 1.807) is 0 Å². The standard InChI is InChI=1S/C15H24N4O3S/c20-15(18-7-3-1-2-4-8-18)13-5-9-19(10-6-13)23(21,22)14-11-16-12-17-14/h11-13H,1-10H2,(H,16,17). The van der Waals surface area contributed by atoms with Gasteiger partial charge in [-0.05, 0) is 25.7 Å². The summed E-state index contributed by atoms with van der Waals surface area (Å²) in [5, 5.41) is 0.120. The van der Waals surface area contributed by atoms with Gasteiger partial charge in [-0.2, -0.15) is 4.31 Å². The molecular formula is C15H24N4O3S. The predicted octanol–water partition coefficient (Wildman–Crippen LogP) is 1.21. The fraction of sp³-hybridized carbons (Fsp3) is 0.733. The second kappa shape index (κ2) is 7.00. The Morgan fingerprint density at radius 1 is 1.09 bits per heavy atom. The van der Waals surface area contributed by atoms with Gasteiger partial charge in [-0.15, -0.1) is 0 Å². The van der Waals surface area contributed by atoms with E-state index in [2.05, 4.69) is 9.97 Å². The van der Waals surface area contributed by atoms with Gasteiger partial charge in [-0.1, -0.05) is 12.8 Å². The maximum atomic E-state index is 12.6. The Bertz CT molecular complexity index is 613. The number of aromatic nitrogens is 2. The van der Waals surface area contributed by atoms with E-state index in [1.807, 2.05) is 4.90 Å². The minimum Gasteiger partial charge on any atom is -0.342 e. The number of hydrogen-bond donors (Lipinski definition) is 1. The summed E-state index contributed by atoms with van der Waals surface area (Å²) < 4.78 is 26.3. The maximum Gasteiger partial charge on any atom is 0.260 e. The number of carbonyl (C=O) groups excluding carboxylic acids is 1. The zero-order valence-corrected chi connectivity index (χ0v) is 14.1. The van der Waals surface area contributed by atoms with Crippen molar-refractivity contribution in [2.24, 2.45) is 5.92 Å². The van der Waals surface area contributed by atoms with Gasteiger partial charge < -0.3 is 9.88 Å². The third kappa shape index (κ3) is 3.58. The van der Waals surface area contributed by atoms with Gasteiger partial charge in [0.05, 0.1) is 12.5 Å². The summed E-state index contributed by atoms with van der Waals surface area (Å²) in [7, 11) is -3.51. The second-order valence-corrected chi connectivity index (χ2v) is 8.24. The quantitative estimate of drug-likeness (QED) is 0.896. The highest BCUT2D eigenvalue weighted by Crippen LogP contribution is 2.25. The fourth-order valence-corrected chi connectivity index (χ4v) is 4.78. The van der Waals surface area contributed by atoms with Crippen LogP contribution in [0.25, 0.3) is 0 Å². The van der Waals surface area contributed by atoms with Gasteiger partial charge in [0.2, 0.25) is 5.91 Å². The molecule has 0 aliphatic carbocycles. The number of H-pyrrole nitrogens is 1. The lowest BCUT2D eigenvalue weighted by Gasteiger charge is -2.33. The Hall–Kier alpha value is -1.41. The lowest BCUT2D eigenvalue weighted by molar-refractivity contribution is -0.136. The average Bonchev–Trinajstić information content (AvgIpc) is 2.98. The van der Waals surface area contributed by atoms with Crippen LogP contribution in [0.5, 0.6) is 0 Å². The van der Waals surface area contributed by atoms with Crippen LogP contribution in [-0.4, -0.2) is 59.7 Å². The van der Waals surface area contributed by atoms with Crippen LogP contribution in [0.15, 0.2) is 17.6 Å². The molecule has 2 aliphatic rings. The summed E-state index contributed by atoms with van der Waals surface area (Å²) >= 11 is 0. The van der Waals surface area contributed by atoms with E-state index in [1.165, 1.54) is 29.7 Å². The van der Waals surface area contributed by atoms with Crippen LogP contribution >= 0.6 is 0 Å². The zero-order valence-electron chi connectivity index (χ0n) is 13.3. The second-order valence-electron chi connectivity index (χ2n) is 6.33. The van der Waals surface area contributed by atoms with Crippen LogP contribution < -0.4 is 0 Å². The molecular weight excluding hydrogens is 316 g/mol. The van der Waals surface area contributed by atoms with Gasteiger partial charge in [0.25, 0.3) is 10.0 Å². The van der Waals surface area contributed by atoms with Gasteiger partial charge >= 0.3 is 0 Å². The Kier molecular flexibility index (Phi) is 5.01. The third-order valence-electron chi connectivity index (χ3n) is 4.81. The van der Waals surface area contributed by atoms with Crippen LogP contribution in [0.3, 0.4) is 0 Å². The summed E-state index contributed by atoms with van der Waals surface area (Å²) in [5.74, 6) is 0.173. The summed E-state index contributed by atoms with van der Waals surface area (Å²) in [5.41, 5.74) is 0. The summed E-state index contributed by atoms with van der Waals surface area (Å²) in [6.07, 6.45) is 8.45. The number of amides is 1. The van der Waals surface area contributed by atoms with Crippen molar-refractivity contribution >= 4 is 15.9 Å². The van der Waals surface area contributed by atoms with Crippen molar-refractivity contribution in [3.05, 3.63) is 12.5 Å². The molecule has 0 atom stereocenters. The van der Waals surface area contributed by atoms with E-state index >= 15 is 0 Å². The smallest absolute Gasteiger partial charge is 0.260 e. The van der Waals surface area contributed by atoms with Crippen molar-refractivity contribution in [1.82, 2.24) is 19.2 Å². The Morgan fingerprint density at radius 3 is 2.30 bits per heavy atom. The first-order valence-electron chi connectivity index (χ1n) is 8.36. The molecule has 0 saturated carbocycles. The maximum absolute atomic E-state index is 12.6. The minimum atomic E-state index is -3.51. The van der Waals surface area contributed by atoms with Crippen LogP contribution in [0.4, 0.5) is 0 Å². The van der Waals surface area contributed by atoms with Crippen molar-refractivity contribution in [3.8, 4) is 0 Å². The van der Waals surface area contributed by atoms with Crippen LogP contribution in [-0.2, 0) is 14.8 Å². The molecule has 8 heteroatoms. The van der Waals surface area contributed by atoms with Crippen LogP contribution in [0, 0.1) is 5.92 Å². The van der Waals surface area contributed by atoms with Crippen molar-refractivity contribution in [2.75, 3.05) is 26.2 Å². The number of imidazole rings is 1. The average molecular weight is 340 g/mol. The molecule has 0 unspecified atom stereocenters. The van der Waals surface area contributed by atoms with Crippen molar-refractivity contribution in [3.63, 3.8) is 0 Å². The molecule has 1 aromatic rings. The molecule has 0 radical (unpaired) electrons. The summed E-state index contributed by atoms with van der Waals surface area (Å²) in [6.45, 7) is 2.49. The molecule has 23 heavy (non-hydrogen) atoms. The van der Waals surface area contributed by atoms with Gasteiger partial charge in [0.1, 0.15) is 0 Å². The highest BCUT2D eigenvalue weighted by molar-refractivity contribution is 7.89. The Balaban J connectivity index is 1.59. The molecule has 2 fully saturated rings. The number of nitrogens with zero attached hydrogens (tertiary/aromatic N) is 3. The number of piperidine rings is 1. The van der Waals surface area contributed by atoms with Crippen molar-refractivity contribution in [1.29, 1.82) is 0 Å². The molecule has 0 spiro atoms. The van der Waals surface area contributed by atoms with Crippen LogP contribution in [0.1, 0.15) is 38.5 Å². The first-order valence-corrected chi connectivity index (χ1v) is 9.80. The van der Waals surface area contributed by atoms with E-state index in [0.29, 0.717) is 25.9 Å². The lowest BCUT2D eigenvalue weighted by atomic mass is 9.96. The lowest BCUT2D eigenvalue weighted by Crippen LogP contribution is -2.44. The highest BCUT2D eigenvalue weighted by atomic mass is 32.2. The third-order valence-corrected chi connectivity index (χ3v) is 6.64. The number of carbonyl (C=O) groups is 1. The molecule has 3 heterocycles. The molecule has 2 aliphatic heterocycles. The molecule has 1 N–H and O–H groups in total. The van der Waals surface area contributed by atoms with E-state index in [-0.39, 0.29) is 16.9 Å². The van der Waals surface area contributed by atoms with Crippen molar-refractivity contribution < 1.29 is 13.2 Å². The number of nitrogens with one attached hydrogen (secondary N) is 1. The minimum absolute atomic E-state index is 0.0404. The number of hydrogen-bond acceptors (Lipinski definition) is 4. The van der Waals surface area contributed by atoms with Gasteiger partial charge in [0, 0.05) is 32.1 Å². The molecule has 128 valence electrons. The molecule has 0 bridgehead atoms. The normalized spacial score (nSPS) is 22.0. The SMILES string of the molecule is O=C(C1CCN(S(=O)(=O)c2cnc[nH]2)CC1)N1CCCCCC1. The van der Waals surface area contributed by atoms with Crippen molar-refractivity contribution in [2.45, 2.75) is 43.6 Å². The van der Waals surface area contributed by atoms with Gasteiger partial charge in [0.15, 0.2) is 5.03 Å². The molecule has 1 amide bonds. The Labute approximate surface area is 137 Å². The fourth-order valence-electron chi connectivity index (χ4n) is 3.42. The highest BCUT2D eigenvalue weighted by Gasteiger charge is 2.34. The summed E-state index contributed by atoms with van der Waals surface area (Å²) in [4.78, 5) is 21.0. The zero-order chi connectivity index (χ0) is 16.3. The first kappa shape index (κ1) is 16.4. The van der Waals surface area contributed by atoms with E-state index in [9.17, 15) is 13.2 Å². The van der Waals surface area contributed by atoms with E-state index < -0.39 is 10.0 Å². The number of rotatable bonds is 3. The Morgan fingerprint density at radius 2 is 1.74 bits per heavy atom. The molecule has 3 rings (SSSR count). The molecule has 0 aromatic carbocycles. The van der Waals surface area contributed by atoms with E-state index in [0.717, 1.165) is 25.9 Å². The number of sulfonamides is 1. The van der Waals surface area contributed by atoms with Crippen LogP contribution in [0.2, 0.25) is 0 Å². The molecule has 7 nitrogen and oxygen atoms in total. The van der Waals surface area contributed by atoms with Gasteiger partial charge in [-0.3, -0.25) is 4.79 Å². The molecule has 2 saturated heterocycles. The number of likely N-dealkylation sites (tertiary alicyclic amines) is 1. The first-order chi connectivity index (χ1) is 11.1. The largest absolute Gasteiger partial charge is 0.342 e. The molecule has 1 aromatic heterocycles. The topological polar surface area (TPSA) is 86.4 Å². The monoisotopic (exact) mass is 340 g/mol. The van der Waals surface area contributed by atoms with Gasteiger partial charge in [-0.25, -0.2) is 13.4 Å². The number of aromatic amines is 1. The van der Waals surface area contributed by atoms with E-state index in [4.69, 9.17) is 0 Å².